The SMILES string of the molecule is COc1ccc(-c2cc(=O)n(CCC(C)(SC)C(=O)NOO)cc2F)c(F)c1. The highest BCUT2D eigenvalue weighted by Crippen LogP contribution is 2.29. The van der Waals surface area contributed by atoms with Crippen molar-refractivity contribution in [2.75, 3.05) is 13.4 Å². The molecule has 0 aliphatic rings. The van der Waals surface area contributed by atoms with Crippen LogP contribution in [-0.2, 0) is 16.3 Å². The average molecular weight is 414 g/mol. The van der Waals surface area contributed by atoms with Gasteiger partial charge in [-0.3, -0.25) is 9.59 Å². The van der Waals surface area contributed by atoms with Gasteiger partial charge in [0.2, 0.25) is 0 Å². The number of carbonyl (C=O) groups is 1. The number of nitrogens with zero attached hydrogens (tertiary/aromatic N) is 1. The zero-order valence-electron chi connectivity index (χ0n) is 15.5. The number of methoxy groups -OCH3 is 1. The first-order chi connectivity index (χ1) is 13.3. The van der Waals surface area contributed by atoms with Gasteiger partial charge in [0.05, 0.1) is 11.9 Å². The van der Waals surface area contributed by atoms with Crippen molar-refractivity contribution in [1.29, 1.82) is 0 Å². The fourth-order valence-electron chi connectivity index (χ4n) is 2.56. The van der Waals surface area contributed by atoms with Gasteiger partial charge in [0.1, 0.15) is 17.4 Å². The first-order valence-corrected chi connectivity index (χ1v) is 9.38. The largest absolute Gasteiger partial charge is 0.497 e. The number of nitrogens with one attached hydrogen (secondary N) is 1. The Hall–Kier alpha value is -2.43. The summed E-state index contributed by atoms with van der Waals surface area (Å²) in [6, 6.07) is 4.91. The molecular weight excluding hydrogens is 394 g/mol. The van der Waals surface area contributed by atoms with Gasteiger partial charge in [-0.1, -0.05) is 0 Å². The van der Waals surface area contributed by atoms with Gasteiger partial charge in [-0.2, -0.15) is 0 Å². The van der Waals surface area contributed by atoms with Crippen LogP contribution in [0.5, 0.6) is 5.75 Å². The maximum absolute atomic E-state index is 14.6. The molecule has 2 N–H and O–H groups in total. The molecule has 1 aromatic carbocycles. The van der Waals surface area contributed by atoms with Crippen molar-refractivity contribution >= 4 is 17.7 Å². The molecule has 0 spiro atoms. The van der Waals surface area contributed by atoms with E-state index in [0.717, 1.165) is 22.9 Å². The Bertz CT molecular complexity index is 921. The summed E-state index contributed by atoms with van der Waals surface area (Å²) >= 11 is 1.18. The minimum atomic E-state index is -1.03. The fourth-order valence-corrected chi connectivity index (χ4v) is 3.08. The van der Waals surface area contributed by atoms with Crippen LogP contribution >= 0.6 is 11.8 Å². The Labute approximate surface area is 164 Å². The molecule has 1 aromatic heterocycles. The van der Waals surface area contributed by atoms with Crippen molar-refractivity contribution in [3.8, 4) is 16.9 Å². The van der Waals surface area contributed by atoms with Crippen LogP contribution < -0.4 is 15.8 Å². The lowest BCUT2D eigenvalue weighted by Crippen LogP contribution is -2.42. The minimum Gasteiger partial charge on any atom is -0.497 e. The lowest BCUT2D eigenvalue weighted by molar-refractivity contribution is -0.285. The van der Waals surface area contributed by atoms with Crippen molar-refractivity contribution in [3.63, 3.8) is 0 Å². The summed E-state index contributed by atoms with van der Waals surface area (Å²) in [6.45, 7) is 1.62. The van der Waals surface area contributed by atoms with Gasteiger partial charge in [-0.05, 0) is 31.7 Å². The third-order valence-corrected chi connectivity index (χ3v) is 5.73. The molecule has 28 heavy (non-hydrogen) atoms. The summed E-state index contributed by atoms with van der Waals surface area (Å²) in [7, 11) is 1.38. The number of pyridine rings is 1. The van der Waals surface area contributed by atoms with Crippen molar-refractivity contribution < 1.29 is 28.6 Å². The molecule has 152 valence electrons. The number of thioether (sulfide) groups is 1. The topological polar surface area (TPSA) is 89.8 Å². The monoisotopic (exact) mass is 414 g/mol. The molecule has 0 radical (unpaired) electrons. The number of hydrogen-bond acceptors (Lipinski definition) is 6. The zero-order chi connectivity index (χ0) is 20.9. The predicted octanol–water partition coefficient (Wildman–Crippen LogP) is 2.83. The van der Waals surface area contributed by atoms with Crippen LogP contribution in [0.1, 0.15) is 13.3 Å². The maximum atomic E-state index is 14.6. The van der Waals surface area contributed by atoms with E-state index < -0.39 is 27.8 Å². The van der Waals surface area contributed by atoms with Crippen molar-refractivity contribution in [2.24, 2.45) is 0 Å². The lowest BCUT2D eigenvalue weighted by Gasteiger charge is -2.25. The quantitative estimate of drug-likeness (QED) is 0.510. The second kappa shape index (κ2) is 9.18. The van der Waals surface area contributed by atoms with Crippen LogP contribution in [0, 0.1) is 11.6 Å². The molecule has 0 saturated heterocycles. The van der Waals surface area contributed by atoms with E-state index in [1.807, 2.05) is 5.48 Å². The molecule has 0 bridgehead atoms. The predicted molar refractivity (Wildman–Crippen MR) is 101 cm³/mol. The molecule has 0 fully saturated rings. The number of hydrogen-bond donors (Lipinski definition) is 2. The summed E-state index contributed by atoms with van der Waals surface area (Å²) in [6.07, 6.45) is 2.80. The summed E-state index contributed by atoms with van der Waals surface area (Å²) < 4.78 is 33.8. The molecule has 1 heterocycles. The Balaban J connectivity index is 2.29. The number of hydroxylamine groups is 1. The number of benzene rings is 1. The molecule has 0 aliphatic carbocycles. The van der Waals surface area contributed by atoms with E-state index in [-0.39, 0.29) is 29.8 Å². The highest BCUT2D eigenvalue weighted by molar-refractivity contribution is 8.00. The number of ether oxygens (including phenoxy) is 1. The Morgan fingerprint density at radius 2 is 2.00 bits per heavy atom. The van der Waals surface area contributed by atoms with E-state index in [2.05, 4.69) is 4.99 Å². The number of amides is 1. The Kier molecular flexibility index (Phi) is 7.17. The zero-order valence-corrected chi connectivity index (χ0v) is 16.3. The Morgan fingerprint density at radius 3 is 2.57 bits per heavy atom. The molecule has 0 saturated carbocycles. The summed E-state index contributed by atoms with van der Waals surface area (Å²) in [4.78, 5) is 28.0. The molecule has 7 nitrogen and oxygen atoms in total. The highest BCUT2D eigenvalue weighted by atomic mass is 32.2. The van der Waals surface area contributed by atoms with Gasteiger partial charge in [0.15, 0.2) is 0 Å². The summed E-state index contributed by atoms with van der Waals surface area (Å²) in [5.41, 5.74) is 1.06. The third-order valence-electron chi connectivity index (χ3n) is 4.44. The second-order valence-electron chi connectivity index (χ2n) is 6.12. The number of aromatic nitrogens is 1. The van der Waals surface area contributed by atoms with Crippen LogP contribution in [0.2, 0.25) is 0 Å². The van der Waals surface area contributed by atoms with Crippen LogP contribution in [0.25, 0.3) is 11.1 Å². The lowest BCUT2D eigenvalue weighted by atomic mass is 10.0. The molecule has 1 atom stereocenters. The van der Waals surface area contributed by atoms with Crippen LogP contribution in [0.3, 0.4) is 0 Å². The first-order valence-electron chi connectivity index (χ1n) is 8.15. The normalized spacial score (nSPS) is 13.1. The fraction of sp³-hybridized carbons (Fsp3) is 0.333. The first kappa shape index (κ1) is 21.9. The van der Waals surface area contributed by atoms with Gasteiger partial charge >= 0.3 is 0 Å². The standard InChI is InChI=1S/C18H20F2N2O5S/c1-18(28-3,17(24)21-27-25)6-7-22-10-15(20)13(9-16(22)23)12-5-4-11(26-2)8-14(12)19/h4-5,8-10,25H,6-7H2,1-3H3,(H,21,24). The molecule has 10 heteroatoms. The highest BCUT2D eigenvalue weighted by Gasteiger charge is 2.32. The molecule has 2 aromatic rings. The van der Waals surface area contributed by atoms with E-state index in [1.54, 1.807) is 13.2 Å². The number of aryl methyl sites for hydroxylation is 1. The van der Waals surface area contributed by atoms with Crippen molar-refractivity contribution in [3.05, 3.63) is 52.5 Å². The second-order valence-corrected chi connectivity index (χ2v) is 7.43. The molecule has 0 aliphatic heterocycles. The van der Waals surface area contributed by atoms with Gasteiger partial charge in [-0.15, -0.1) is 16.8 Å². The van der Waals surface area contributed by atoms with E-state index in [9.17, 15) is 18.4 Å². The van der Waals surface area contributed by atoms with Crippen molar-refractivity contribution in [2.45, 2.75) is 24.6 Å². The van der Waals surface area contributed by atoms with Crippen LogP contribution in [-0.4, -0.2) is 33.8 Å². The third kappa shape index (κ3) is 4.70. The van der Waals surface area contributed by atoms with Crippen molar-refractivity contribution in [1.82, 2.24) is 10.0 Å². The number of carbonyl (C=O) groups excluding carboxylic acids is 1. The van der Waals surface area contributed by atoms with E-state index >= 15 is 0 Å². The maximum Gasteiger partial charge on any atom is 0.261 e. The van der Waals surface area contributed by atoms with Crippen LogP contribution in [0.4, 0.5) is 8.78 Å². The van der Waals surface area contributed by atoms with E-state index in [0.29, 0.717) is 0 Å². The average Bonchev–Trinajstić information content (AvgIpc) is 2.68. The molecule has 1 unspecified atom stereocenters. The van der Waals surface area contributed by atoms with Gasteiger partial charge in [-0.25, -0.2) is 19.5 Å². The molecule has 2 rings (SSSR count). The summed E-state index contributed by atoms with van der Waals surface area (Å²) in [5.74, 6) is -1.83. The van der Waals surface area contributed by atoms with Gasteiger partial charge < -0.3 is 9.30 Å². The van der Waals surface area contributed by atoms with Crippen LogP contribution in [0.15, 0.2) is 35.3 Å². The van der Waals surface area contributed by atoms with Gasteiger partial charge in [0, 0.05) is 36.0 Å². The van der Waals surface area contributed by atoms with E-state index in [4.69, 9.17) is 9.99 Å². The summed E-state index contributed by atoms with van der Waals surface area (Å²) in [5, 5.41) is 8.37. The smallest absolute Gasteiger partial charge is 0.261 e. The number of halogens is 2. The number of rotatable bonds is 8. The van der Waals surface area contributed by atoms with E-state index in [1.165, 1.54) is 31.0 Å². The minimum absolute atomic E-state index is 0.0251. The molecular formula is C18H20F2N2O5S. The molecule has 1 amide bonds. The van der Waals surface area contributed by atoms with Gasteiger partial charge in [0.25, 0.3) is 11.5 Å². The Morgan fingerprint density at radius 1 is 1.29 bits per heavy atom.